The number of aromatic nitrogens is 3. The van der Waals surface area contributed by atoms with Gasteiger partial charge in [0.15, 0.2) is 11.9 Å². The third-order valence-electron chi connectivity index (χ3n) is 3.63. The van der Waals surface area contributed by atoms with Crippen LogP contribution in [0.25, 0.3) is 11.4 Å². The van der Waals surface area contributed by atoms with Gasteiger partial charge in [0.25, 0.3) is 5.91 Å². The first kappa shape index (κ1) is 19.2. The van der Waals surface area contributed by atoms with Gasteiger partial charge in [-0.2, -0.15) is 13.2 Å². The first-order valence-electron chi connectivity index (χ1n) is 7.86. The fraction of sp³-hybridized carbons (Fsp3) is 0.111. The number of nitrogens with zero attached hydrogens (tertiary/aromatic N) is 3. The van der Waals surface area contributed by atoms with Crippen molar-refractivity contribution in [1.82, 2.24) is 15.0 Å². The quantitative estimate of drug-likeness (QED) is 0.693. The minimum atomic E-state index is -4.47. The number of rotatable bonds is 5. The summed E-state index contributed by atoms with van der Waals surface area (Å²) in [5.74, 6) is -0.345. The van der Waals surface area contributed by atoms with E-state index in [1.165, 1.54) is 12.3 Å². The molecule has 0 radical (unpaired) electrons. The van der Waals surface area contributed by atoms with Gasteiger partial charge in [-0.1, -0.05) is 0 Å². The Kier molecular flexibility index (Phi) is 5.23. The van der Waals surface area contributed by atoms with Gasteiger partial charge in [-0.15, -0.1) is 0 Å². The Bertz CT molecular complexity index is 977. The zero-order chi connectivity index (χ0) is 20.3. The standard InChI is InChI=1S/C18H13F3N4O3/c19-18(20,21)11-3-6-14(24-9-11)28-12-4-1-10(2-5-12)17-23-8-7-13(25-17)15(26)16(22)27/h1-9,15,26H,(H2,22,27)/t15-/m1/s1. The van der Waals surface area contributed by atoms with Crippen molar-refractivity contribution in [2.24, 2.45) is 5.73 Å². The average Bonchev–Trinajstić information content (AvgIpc) is 2.68. The van der Waals surface area contributed by atoms with Gasteiger partial charge in [-0.25, -0.2) is 15.0 Å². The molecule has 1 amide bonds. The lowest BCUT2D eigenvalue weighted by Gasteiger charge is -2.09. The molecule has 0 spiro atoms. The van der Waals surface area contributed by atoms with Crippen LogP contribution >= 0.6 is 0 Å². The number of halogens is 3. The molecule has 0 saturated carbocycles. The summed E-state index contributed by atoms with van der Waals surface area (Å²) in [6.45, 7) is 0. The lowest BCUT2D eigenvalue weighted by molar-refractivity contribution is -0.137. The van der Waals surface area contributed by atoms with E-state index < -0.39 is 23.8 Å². The van der Waals surface area contributed by atoms with Crippen LogP contribution in [0.2, 0.25) is 0 Å². The van der Waals surface area contributed by atoms with Crippen molar-refractivity contribution in [2.45, 2.75) is 12.3 Å². The van der Waals surface area contributed by atoms with E-state index in [1.54, 1.807) is 24.3 Å². The fourth-order valence-corrected chi connectivity index (χ4v) is 2.21. The number of aliphatic hydroxyl groups excluding tert-OH is 1. The molecule has 7 nitrogen and oxygen atoms in total. The van der Waals surface area contributed by atoms with Gasteiger partial charge in [-0.05, 0) is 36.4 Å². The Labute approximate surface area is 156 Å². The summed E-state index contributed by atoms with van der Waals surface area (Å²) in [5, 5.41) is 9.68. The highest BCUT2D eigenvalue weighted by Gasteiger charge is 2.30. The van der Waals surface area contributed by atoms with Crippen molar-refractivity contribution in [3.63, 3.8) is 0 Å². The molecule has 2 heterocycles. The molecule has 28 heavy (non-hydrogen) atoms. The van der Waals surface area contributed by atoms with Crippen molar-refractivity contribution < 1.29 is 27.8 Å². The molecule has 0 aliphatic carbocycles. The number of amides is 1. The van der Waals surface area contributed by atoms with Crippen LogP contribution < -0.4 is 10.5 Å². The summed E-state index contributed by atoms with van der Waals surface area (Å²) in [5.41, 5.74) is 4.80. The number of primary amides is 1. The Hall–Kier alpha value is -3.53. The van der Waals surface area contributed by atoms with E-state index in [-0.39, 0.29) is 17.4 Å². The van der Waals surface area contributed by atoms with Crippen LogP contribution in [0.15, 0.2) is 54.9 Å². The van der Waals surface area contributed by atoms with E-state index in [2.05, 4.69) is 15.0 Å². The zero-order valence-electron chi connectivity index (χ0n) is 14.1. The van der Waals surface area contributed by atoms with E-state index in [9.17, 15) is 23.1 Å². The Morgan fingerprint density at radius 3 is 2.36 bits per heavy atom. The lowest BCUT2D eigenvalue weighted by Crippen LogP contribution is -2.21. The molecule has 0 bridgehead atoms. The average molecular weight is 390 g/mol. The third kappa shape index (κ3) is 4.41. The van der Waals surface area contributed by atoms with E-state index in [0.717, 1.165) is 12.1 Å². The number of benzene rings is 1. The number of alkyl halides is 3. The van der Waals surface area contributed by atoms with Gasteiger partial charge in [0.1, 0.15) is 5.75 Å². The Morgan fingerprint density at radius 1 is 1.07 bits per heavy atom. The monoisotopic (exact) mass is 390 g/mol. The minimum absolute atomic E-state index is 0.00331. The van der Waals surface area contributed by atoms with E-state index in [0.29, 0.717) is 17.5 Å². The maximum absolute atomic E-state index is 12.5. The van der Waals surface area contributed by atoms with Gasteiger partial charge < -0.3 is 15.6 Å². The highest BCUT2D eigenvalue weighted by atomic mass is 19.4. The molecule has 0 saturated heterocycles. The number of pyridine rings is 1. The molecular formula is C18H13F3N4O3. The number of hydrogen-bond donors (Lipinski definition) is 2. The summed E-state index contributed by atoms with van der Waals surface area (Å²) in [6.07, 6.45) is -3.95. The van der Waals surface area contributed by atoms with Gasteiger partial charge in [0.05, 0.1) is 11.3 Å². The van der Waals surface area contributed by atoms with Crippen molar-refractivity contribution in [3.8, 4) is 23.0 Å². The van der Waals surface area contributed by atoms with Gasteiger partial charge in [0, 0.05) is 24.0 Å². The Morgan fingerprint density at radius 2 is 1.79 bits per heavy atom. The van der Waals surface area contributed by atoms with Crippen LogP contribution in [-0.2, 0) is 11.0 Å². The van der Waals surface area contributed by atoms with Crippen molar-refractivity contribution in [3.05, 3.63) is 66.1 Å². The molecule has 0 aliphatic rings. The van der Waals surface area contributed by atoms with Crippen LogP contribution in [0.1, 0.15) is 17.4 Å². The number of carbonyl (C=O) groups is 1. The molecule has 0 unspecified atom stereocenters. The maximum Gasteiger partial charge on any atom is 0.417 e. The number of hydrogen-bond acceptors (Lipinski definition) is 6. The molecule has 0 fully saturated rings. The van der Waals surface area contributed by atoms with Crippen molar-refractivity contribution in [2.75, 3.05) is 0 Å². The molecular weight excluding hydrogens is 377 g/mol. The number of ether oxygens (including phenoxy) is 1. The number of aliphatic hydroxyl groups is 1. The summed E-state index contributed by atoms with van der Waals surface area (Å²) < 4.78 is 43.0. The van der Waals surface area contributed by atoms with Crippen LogP contribution in [0, 0.1) is 0 Å². The van der Waals surface area contributed by atoms with Crippen LogP contribution in [-0.4, -0.2) is 26.0 Å². The summed E-state index contributed by atoms with van der Waals surface area (Å²) in [6, 6.07) is 9.68. The second-order valence-corrected chi connectivity index (χ2v) is 5.62. The molecule has 0 aliphatic heterocycles. The molecule has 2 aromatic heterocycles. The molecule has 3 rings (SSSR count). The number of nitrogens with two attached hydrogens (primary N) is 1. The summed E-state index contributed by atoms with van der Waals surface area (Å²) in [7, 11) is 0. The fourth-order valence-electron chi connectivity index (χ4n) is 2.21. The first-order valence-corrected chi connectivity index (χ1v) is 7.86. The highest BCUT2D eigenvalue weighted by Crippen LogP contribution is 2.30. The van der Waals surface area contributed by atoms with Crippen molar-refractivity contribution in [1.29, 1.82) is 0 Å². The molecule has 3 N–H and O–H groups in total. The molecule has 10 heteroatoms. The van der Waals surface area contributed by atoms with E-state index in [4.69, 9.17) is 10.5 Å². The van der Waals surface area contributed by atoms with Crippen LogP contribution in [0.3, 0.4) is 0 Å². The summed E-state index contributed by atoms with van der Waals surface area (Å²) in [4.78, 5) is 22.9. The SMILES string of the molecule is NC(=O)[C@H](O)c1ccnc(-c2ccc(Oc3ccc(C(F)(F)F)cn3)cc2)n1. The maximum atomic E-state index is 12.5. The first-order chi connectivity index (χ1) is 13.2. The topological polar surface area (TPSA) is 111 Å². The van der Waals surface area contributed by atoms with E-state index in [1.807, 2.05) is 0 Å². The summed E-state index contributed by atoms with van der Waals surface area (Å²) >= 11 is 0. The van der Waals surface area contributed by atoms with Gasteiger partial charge in [-0.3, -0.25) is 4.79 Å². The molecule has 1 aromatic carbocycles. The molecule has 1 atom stereocenters. The number of carbonyl (C=O) groups excluding carboxylic acids is 1. The second kappa shape index (κ2) is 7.61. The second-order valence-electron chi connectivity index (χ2n) is 5.62. The third-order valence-corrected chi connectivity index (χ3v) is 3.63. The highest BCUT2D eigenvalue weighted by molar-refractivity contribution is 5.79. The van der Waals surface area contributed by atoms with Gasteiger partial charge in [0.2, 0.25) is 5.88 Å². The smallest absolute Gasteiger partial charge is 0.417 e. The minimum Gasteiger partial charge on any atom is -0.439 e. The van der Waals surface area contributed by atoms with E-state index >= 15 is 0 Å². The Balaban J connectivity index is 1.75. The normalized spacial score (nSPS) is 12.4. The lowest BCUT2D eigenvalue weighted by atomic mass is 10.2. The zero-order valence-corrected chi connectivity index (χ0v) is 14.1. The molecule has 144 valence electrons. The predicted molar refractivity (Wildman–Crippen MR) is 90.9 cm³/mol. The van der Waals surface area contributed by atoms with Crippen LogP contribution in [0.4, 0.5) is 13.2 Å². The van der Waals surface area contributed by atoms with Crippen molar-refractivity contribution >= 4 is 5.91 Å². The predicted octanol–water partition coefficient (Wildman–Crippen LogP) is 2.87. The van der Waals surface area contributed by atoms with Gasteiger partial charge >= 0.3 is 6.18 Å². The largest absolute Gasteiger partial charge is 0.439 e. The molecule has 3 aromatic rings. The van der Waals surface area contributed by atoms with Crippen LogP contribution in [0.5, 0.6) is 11.6 Å².